The van der Waals surface area contributed by atoms with Gasteiger partial charge in [0, 0.05) is 51.9 Å². The van der Waals surface area contributed by atoms with Crippen molar-refractivity contribution in [3.8, 4) is 0 Å². The number of benzene rings is 1. The van der Waals surface area contributed by atoms with E-state index in [-0.39, 0.29) is 23.4 Å². The van der Waals surface area contributed by atoms with Crippen LogP contribution in [0.15, 0.2) is 40.0 Å². The van der Waals surface area contributed by atoms with Crippen LogP contribution in [0.2, 0.25) is 0 Å². The van der Waals surface area contributed by atoms with Gasteiger partial charge < -0.3 is 24.9 Å². The van der Waals surface area contributed by atoms with Crippen LogP contribution < -0.4 is 16.2 Å². The lowest BCUT2D eigenvalue weighted by Crippen LogP contribution is -2.51. The van der Waals surface area contributed by atoms with Crippen LogP contribution in [0.1, 0.15) is 59.9 Å². The third-order valence-electron chi connectivity index (χ3n) is 8.18. The molecule has 1 aromatic carbocycles. The van der Waals surface area contributed by atoms with E-state index in [1.165, 1.54) is 24.6 Å². The lowest BCUT2D eigenvalue weighted by molar-refractivity contribution is -0.0147. The van der Waals surface area contributed by atoms with E-state index in [9.17, 15) is 9.59 Å². The number of aryl methyl sites for hydroxylation is 1. The summed E-state index contributed by atoms with van der Waals surface area (Å²) in [7, 11) is 0. The number of fused-ring (bicyclic) bond motifs is 1. The zero-order valence-electron chi connectivity index (χ0n) is 22.3. The van der Waals surface area contributed by atoms with E-state index in [0.29, 0.717) is 23.2 Å². The fourth-order valence-corrected chi connectivity index (χ4v) is 6.61. The molecule has 2 aliphatic rings. The van der Waals surface area contributed by atoms with Gasteiger partial charge >= 0.3 is 0 Å². The second kappa shape index (κ2) is 10.7. The molecule has 1 aliphatic heterocycles. The van der Waals surface area contributed by atoms with Gasteiger partial charge in [0.15, 0.2) is 0 Å². The summed E-state index contributed by atoms with van der Waals surface area (Å²) in [5.41, 5.74) is 4.22. The maximum Gasteiger partial charge on any atom is 0.254 e. The molecule has 0 radical (unpaired) electrons. The SMILES string of the molecule is CSc1cc(C)[nH]c(=O)c1CNC(=O)c1c(C)n(CC2(C)CCC(NC3COC3)CC2)c2ccccc12. The first-order chi connectivity index (χ1) is 17.8. The fraction of sp³-hybridized carbons (Fsp3) is 0.517. The lowest BCUT2D eigenvalue weighted by Gasteiger charge is -2.41. The minimum atomic E-state index is -0.147. The van der Waals surface area contributed by atoms with Crippen LogP contribution >= 0.6 is 11.8 Å². The van der Waals surface area contributed by atoms with E-state index in [0.717, 1.165) is 59.8 Å². The molecule has 1 saturated carbocycles. The van der Waals surface area contributed by atoms with Crippen LogP contribution in [-0.2, 0) is 17.8 Å². The molecular formula is C29H38N4O3S. The molecule has 1 amide bonds. The van der Waals surface area contributed by atoms with E-state index in [4.69, 9.17) is 4.74 Å². The van der Waals surface area contributed by atoms with Gasteiger partial charge in [-0.3, -0.25) is 9.59 Å². The molecule has 0 spiro atoms. The number of hydrogen-bond donors (Lipinski definition) is 3. The highest BCUT2D eigenvalue weighted by Crippen LogP contribution is 2.40. The summed E-state index contributed by atoms with van der Waals surface area (Å²) in [5.74, 6) is -0.139. The Hall–Kier alpha value is -2.55. The normalized spacial score (nSPS) is 22.2. The van der Waals surface area contributed by atoms with Crippen molar-refractivity contribution in [3.05, 3.63) is 63.2 Å². The number of carbonyl (C=O) groups excluding carboxylic acids is 1. The van der Waals surface area contributed by atoms with Gasteiger partial charge in [0.2, 0.25) is 0 Å². The summed E-state index contributed by atoms with van der Waals surface area (Å²) in [6, 6.07) is 11.2. The van der Waals surface area contributed by atoms with Gasteiger partial charge in [-0.05, 0) is 63.3 Å². The van der Waals surface area contributed by atoms with Crippen molar-refractivity contribution in [1.29, 1.82) is 0 Å². The number of H-pyrrole nitrogens is 1. The molecule has 2 fully saturated rings. The van der Waals surface area contributed by atoms with Crippen molar-refractivity contribution in [2.75, 3.05) is 19.5 Å². The Balaban J connectivity index is 1.35. The number of aromatic amines is 1. The second-order valence-electron chi connectivity index (χ2n) is 11.1. The van der Waals surface area contributed by atoms with Gasteiger partial charge in [-0.2, -0.15) is 0 Å². The number of para-hydroxylation sites is 1. The van der Waals surface area contributed by atoms with Gasteiger partial charge in [-0.25, -0.2) is 0 Å². The molecule has 7 nitrogen and oxygen atoms in total. The Bertz CT molecular complexity index is 1350. The molecule has 5 rings (SSSR count). The van der Waals surface area contributed by atoms with Crippen molar-refractivity contribution in [2.24, 2.45) is 5.41 Å². The van der Waals surface area contributed by atoms with E-state index >= 15 is 0 Å². The van der Waals surface area contributed by atoms with Crippen molar-refractivity contribution >= 4 is 28.6 Å². The molecule has 0 bridgehead atoms. The second-order valence-corrected chi connectivity index (χ2v) is 11.9. The van der Waals surface area contributed by atoms with Gasteiger partial charge in [0.05, 0.1) is 24.8 Å². The first kappa shape index (κ1) is 26.1. The summed E-state index contributed by atoms with van der Waals surface area (Å²) in [6.07, 6.45) is 6.59. The van der Waals surface area contributed by atoms with Crippen LogP contribution in [0.4, 0.5) is 0 Å². The van der Waals surface area contributed by atoms with E-state index in [2.05, 4.69) is 33.2 Å². The van der Waals surface area contributed by atoms with Crippen molar-refractivity contribution in [3.63, 3.8) is 0 Å². The summed E-state index contributed by atoms with van der Waals surface area (Å²) in [4.78, 5) is 29.9. The molecule has 37 heavy (non-hydrogen) atoms. The molecule has 3 N–H and O–H groups in total. The largest absolute Gasteiger partial charge is 0.378 e. The van der Waals surface area contributed by atoms with Crippen LogP contribution in [0.3, 0.4) is 0 Å². The van der Waals surface area contributed by atoms with Gasteiger partial charge in [-0.15, -0.1) is 11.8 Å². The van der Waals surface area contributed by atoms with E-state index in [1.54, 1.807) is 0 Å². The molecule has 0 atom stereocenters. The van der Waals surface area contributed by atoms with Gasteiger partial charge in [0.1, 0.15) is 0 Å². The molecule has 1 saturated heterocycles. The number of ether oxygens (including phenoxy) is 1. The summed E-state index contributed by atoms with van der Waals surface area (Å²) in [6.45, 7) is 9.07. The van der Waals surface area contributed by atoms with Crippen molar-refractivity contribution in [2.45, 2.75) is 76.5 Å². The zero-order valence-corrected chi connectivity index (χ0v) is 23.1. The Morgan fingerprint density at radius 2 is 1.92 bits per heavy atom. The molecular weight excluding hydrogens is 484 g/mol. The van der Waals surface area contributed by atoms with Crippen LogP contribution in [0, 0.1) is 19.3 Å². The molecule has 3 heterocycles. The first-order valence-electron chi connectivity index (χ1n) is 13.2. The molecule has 0 unspecified atom stereocenters. The van der Waals surface area contributed by atoms with E-state index < -0.39 is 0 Å². The monoisotopic (exact) mass is 522 g/mol. The van der Waals surface area contributed by atoms with Gasteiger partial charge in [-0.1, -0.05) is 25.1 Å². The highest BCUT2D eigenvalue weighted by atomic mass is 32.2. The number of thioether (sulfide) groups is 1. The van der Waals surface area contributed by atoms with Crippen LogP contribution in [0.5, 0.6) is 0 Å². The molecule has 3 aromatic rings. The number of pyridine rings is 1. The summed E-state index contributed by atoms with van der Waals surface area (Å²) >= 11 is 1.52. The van der Waals surface area contributed by atoms with E-state index in [1.807, 2.05) is 44.4 Å². The Kier molecular flexibility index (Phi) is 7.52. The topological polar surface area (TPSA) is 88.2 Å². The first-order valence-corrected chi connectivity index (χ1v) is 14.5. The average molecular weight is 523 g/mol. The zero-order chi connectivity index (χ0) is 26.2. The predicted octanol–water partition coefficient (Wildman–Crippen LogP) is 4.54. The van der Waals surface area contributed by atoms with Gasteiger partial charge in [0.25, 0.3) is 11.5 Å². The standard InChI is InChI=1S/C29H38N4O3S/c1-18-13-25(37-4)23(27(34)31-18)14-30-28(35)26-19(2)33(24-8-6-5-7-22(24)26)17-29(3)11-9-20(10-12-29)32-21-15-36-16-21/h5-8,13,20-21,32H,9-12,14-17H2,1-4H3,(H,30,35)(H,31,34). The number of hydrogen-bond acceptors (Lipinski definition) is 5. The summed E-state index contributed by atoms with van der Waals surface area (Å²) in [5, 5.41) is 7.75. The van der Waals surface area contributed by atoms with Crippen LogP contribution in [-0.4, -0.2) is 47.0 Å². The molecule has 198 valence electrons. The molecule has 1 aliphatic carbocycles. The number of rotatable bonds is 8. The number of nitrogens with zero attached hydrogens (tertiary/aromatic N) is 1. The number of nitrogens with one attached hydrogen (secondary N) is 3. The Morgan fingerprint density at radius 3 is 2.59 bits per heavy atom. The Morgan fingerprint density at radius 1 is 1.19 bits per heavy atom. The Labute approximate surface area is 222 Å². The highest BCUT2D eigenvalue weighted by Gasteiger charge is 2.34. The maximum atomic E-state index is 13.5. The number of amides is 1. The average Bonchev–Trinajstić information content (AvgIpc) is 3.12. The number of aromatic nitrogens is 2. The third kappa shape index (κ3) is 5.38. The quantitative estimate of drug-likeness (QED) is 0.378. The highest BCUT2D eigenvalue weighted by molar-refractivity contribution is 7.98. The minimum Gasteiger partial charge on any atom is -0.378 e. The summed E-state index contributed by atoms with van der Waals surface area (Å²) < 4.78 is 7.66. The van der Waals surface area contributed by atoms with Crippen molar-refractivity contribution in [1.82, 2.24) is 20.2 Å². The molecule has 8 heteroatoms. The third-order valence-corrected chi connectivity index (χ3v) is 8.98. The lowest BCUT2D eigenvalue weighted by atomic mass is 9.73. The smallest absolute Gasteiger partial charge is 0.254 e. The maximum absolute atomic E-state index is 13.5. The number of carbonyl (C=O) groups is 1. The van der Waals surface area contributed by atoms with Crippen molar-refractivity contribution < 1.29 is 9.53 Å². The predicted molar refractivity (Wildman–Crippen MR) is 150 cm³/mol. The molecule has 2 aromatic heterocycles. The van der Waals surface area contributed by atoms with Crippen LogP contribution in [0.25, 0.3) is 10.9 Å². The fourth-order valence-electron chi connectivity index (χ4n) is 5.90. The minimum absolute atomic E-state index is 0.139.